The lowest BCUT2D eigenvalue weighted by Crippen LogP contribution is -2.34. The molecule has 0 unspecified atom stereocenters. The number of nitrogens with two attached hydrogens (primary N) is 1. The molecule has 0 amide bonds. The summed E-state index contributed by atoms with van der Waals surface area (Å²) in [6, 6.07) is 4.16. The first-order chi connectivity index (χ1) is 14.1. The predicted molar refractivity (Wildman–Crippen MR) is 113 cm³/mol. The first kappa shape index (κ1) is 22.8. The minimum absolute atomic E-state index is 0.285. The fourth-order valence-electron chi connectivity index (χ4n) is 3.30. The van der Waals surface area contributed by atoms with E-state index in [-0.39, 0.29) is 5.92 Å². The van der Waals surface area contributed by atoms with Gasteiger partial charge in [0, 0.05) is 30.6 Å². The molecule has 0 saturated carbocycles. The van der Waals surface area contributed by atoms with Crippen LogP contribution in [0, 0.1) is 12.8 Å². The monoisotopic (exact) mass is 403 g/mol. The van der Waals surface area contributed by atoms with E-state index in [1.807, 2.05) is 6.92 Å². The highest BCUT2D eigenvalue weighted by Gasteiger charge is 2.23. The van der Waals surface area contributed by atoms with Crippen LogP contribution >= 0.6 is 0 Å². The van der Waals surface area contributed by atoms with E-state index in [9.17, 15) is 4.79 Å². The maximum absolute atomic E-state index is 10.8. The van der Waals surface area contributed by atoms with Crippen LogP contribution in [0.2, 0.25) is 0 Å². The zero-order valence-corrected chi connectivity index (χ0v) is 17.9. The Balaban J connectivity index is 0.00000145. The van der Waals surface area contributed by atoms with Gasteiger partial charge in [0.2, 0.25) is 5.88 Å². The molecule has 0 radical (unpaired) electrons. The van der Waals surface area contributed by atoms with Crippen molar-refractivity contribution >= 4 is 12.3 Å². The third kappa shape index (κ3) is 6.52. The number of carbonyl (C=O) groups is 1. The Morgan fingerprint density at radius 2 is 2.00 bits per heavy atom. The predicted octanol–water partition coefficient (Wildman–Crippen LogP) is 3.36. The lowest BCUT2D eigenvalue weighted by Gasteiger charge is -2.30. The molecule has 0 spiro atoms. The van der Waals surface area contributed by atoms with Crippen LogP contribution in [-0.2, 0) is 0 Å². The molecule has 1 aliphatic heterocycles. The lowest BCUT2D eigenvalue weighted by molar-refractivity contribution is 0.112. The van der Waals surface area contributed by atoms with Crippen LogP contribution in [0.15, 0.2) is 16.7 Å². The van der Waals surface area contributed by atoms with E-state index in [0.717, 1.165) is 50.9 Å². The Bertz CT molecular complexity index is 755. The van der Waals surface area contributed by atoms with Crippen molar-refractivity contribution in [2.45, 2.75) is 52.4 Å². The highest BCUT2D eigenvalue weighted by molar-refractivity contribution is 5.76. The van der Waals surface area contributed by atoms with Crippen LogP contribution in [0.25, 0.3) is 0 Å². The average Bonchev–Trinajstić information content (AvgIpc) is 3.24. The molecule has 160 valence electrons. The number of rotatable bonds is 8. The Kier molecular flexibility index (Phi) is 9.05. The molecule has 0 aromatic carbocycles. The van der Waals surface area contributed by atoms with Gasteiger partial charge in [-0.2, -0.15) is 4.98 Å². The van der Waals surface area contributed by atoms with Crippen LogP contribution < -0.4 is 15.4 Å². The number of ether oxygens (including phenoxy) is 1. The van der Waals surface area contributed by atoms with E-state index in [2.05, 4.69) is 39.6 Å². The molecule has 0 atom stereocenters. The van der Waals surface area contributed by atoms with Crippen molar-refractivity contribution in [1.82, 2.24) is 15.1 Å². The standard InChI is InChI=1S/C20H28N4O3.CH5N/c1-14(2)19-22-20(27-23-19)24-10-8-16(9-11-24)5-4-12-26-18-7-6-17(13-25)15(3)21-18;1-2/h6-7,13-14,16H,4-5,8-12H2,1-3H3;2H2,1H3. The second-order valence-electron chi connectivity index (χ2n) is 7.45. The molecule has 1 saturated heterocycles. The average molecular weight is 404 g/mol. The molecule has 29 heavy (non-hydrogen) atoms. The Morgan fingerprint density at radius 1 is 1.28 bits per heavy atom. The molecule has 8 heteroatoms. The van der Waals surface area contributed by atoms with Crippen molar-refractivity contribution in [3.05, 3.63) is 29.2 Å². The molecule has 3 rings (SSSR count). The van der Waals surface area contributed by atoms with Crippen LogP contribution in [0.1, 0.15) is 67.3 Å². The number of hydrogen-bond donors (Lipinski definition) is 1. The van der Waals surface area contributed by atoms with Crippen LogP contribution in [-0.4, -0.2) is 48.2 Å². The Morgan fingerprint density at radius 3 is 2.59 bits per heavy atom. The van der Waals surface area contributed by atoms with Crippen molar-refractivity contribution in [2.75, 3.05) is 31.6 Å². The molecular weight excluding hydrogens is 370 g/mol. The van der Waals surface area contributed by atoms with Crippen molar-refractivity contribution in [1.29, 1.82) is 0 Å². The van der Waals surface area contributed by atoms with Gasteiger partial charge in [-0.15, -0.1) is 0 Å². The fraction of sp³-hybridized carbons (Fsp3) is 0.619. The Hall–Kier alpha value is -2.48. The van der Waals surface area contributed by atoms with Gasteiger partial charge in [-0.25, -0.2) is 4.98 Å². The van der Waals surface area contributed by atoms with E-state index in [1.54, 1.807) is 12.1 Å². The maximum atomic E-state index is 10.8. The number of aromatic nitrogens is 3. The van der Waals surface area contributed by atoms with E-state index in [1.165, 1.54) is 7.05 Å². The smallest absolute Gasteiger partial charge is 0.324 e. The summed E-state index contributed by atoms with van der Waals surface area (Å²) >= 11 is 0. The van der Waals surface area contributed by atoms with E-state index >= 15 is 0 Å². The van der Waals surface area contributed by atoms with Gasteiger partial charge in [0.15, 0.2) is 12.1 Å². The summed E-state index contributed by atoms with van der Waals surface area (Å²) in [7, 11) is 1.50. The SMILES string of the molecule is CN.Cc1nc(OCCCC2CCN(c3nc(C(C)C)no3)CC2)ccc1C=O. The highest BCUT2D eigenvalue weighted by atomic mass is 16.5. The summed E-state index contributed by atoms with van der Waals surface area (Å²) in [6.45, 7) is 8.51. The zero-order chi connectivity index (χ0) is 21.2. The maximum Gasteiger partial charge on any atom is 0.324 e. The molecule has 3 heterocycles. The number of carbonyl (C=O) groups excluding carboxylic acids is 1. The molecule has 0 bridgehead atoms. The molecule has 2 aromatic heterocycles. The van der Waals surface area contributed by atoms with Crippen molar-refractivity contribution in [3.8, 4) is 5.88 Å². The number of anilines is 1. The van der Waals surface area contributed by atoms with Crippen LogP contribution in [0.4, 0.5) is 6.01 Å². The summed E-state index contributed by atoms with van der Waals surface area (Å²) in [5, 5.41) is 4.05. The highest BCUT2D eigenvalue weighted by Crippen LogP contribution is 2.26. The van der Waals surface area contributed by atoms with Gasteiger partial charge in [-0.3, -0.25) is 4.79 Å². The number of hydrogen-bond acceptors (Lipinski definition) is 8. The summed E-state index contributed by atoms with van der Waals surface area (Å²) < 4.78 is 11.1. The summed E-state index contributed by atoms with van der Waals surface area (Å²) in [4.78, 5) is 21.8. The minimum atomic E-state index is 0.285. The van der Waals surface area contributed by atoms with Gasteiger partial charge >= 0.3 is 6.01 Å². The number of nitrogens with zero attached hydrogens (tertiary/aromatic N) is 4. The van der Waals surface area contributed by atoms with Crippen LogP contribution in [0.3, 0.4) is 0 Å². The van der Waals surface area contributed by atoms with Gasteiger partial charge in [0.1, 0.15) is 0 Å². The molecule has 0 aliphatic carbocycles. The second kappa shape index (κ2) is 11.5. The Labute approximate surface area is 172 Å². The molecule has 8 nitrogen and oxygen atoms in total. The topological polar surface area (TPSA) is 107 Å². The van der Waals surface area contributed by atoms with Gasteiger partial charge < -0.3 is 19.9 Å². The number of aldehydes is 1. The second-order valence-corrected chi connectivity index (χ2v) is 7.45. The van der Waals surface area contributed by atoms with Gasteiger partial charge in [0.25, 0.3) is 0 Å². The normalized spacial score (nSPS) is 14.5. The van der Waals surface area contributed by atoms with Crippen molar-refractivity contribution in [2.24, 2.45) is 11.7 Å². The first-order valence-corrected chi connectivity index (χ1v) is 10.3. The molecule has 2 N–H and O–H groups in total. The van der Waals surface area contributed by atoms with Crippen molar-refractivity contribution < 1.29 is 14.1 Å². The van der Waals surface area contributed by atoms with Gasteiger partial charge in [0.05, 0.1) is 12.3 Å². The third-order valence-corrected chi connectivity index (χ3v) is 5.07. The molecule has 2 aromatic rings. The fourth-order valence-corrected chi connectivity index (χ4v) is 3.30. The van der Waals surface area contributed by atoms with E-state index in [4.69, 9.17) is 9.26 Å². The molecule has 1 fully saturated rings. The van der Waals surface area contributed by atoms with Crippen LogP contribution in [0.5, 0.6) is 5.88 Å². The first-order valence-electron chi connectivity index (χ1n) is 10.3. The lowest BCUT2D eigenvalue weighted by atomic mass is 9.92. The molecule has 1 aliphatic rings. The number of pyridine rings is 1. The quantitative estimate of drug-likeness (QED) is 0.528. The van der Waals surface area contributed by atoms with Gasteiger partial charge in [-0.1, -0.05) is 19.0 Å². The van der Waals surface area contributed by atoms with E-state index in [0.29, 0.717) is 35.7 Å². The summed E-state index contributed by atoms with van der Waals surface area (Å²) in [5.74, 6) is 2.34. The number of piperidine rings is 1. The summed E-state index contributed by atoms with van der Waals surface area (Å²) in [6.07, 6.45) is 5.21. The number of aryl methyl sites for hydroxylation is 1. The summed E-state index contributed by atoms with van der Waals surface area (Å²) in [5.41, 5.74) is 5.81. The third-order valence-electron chi connectivity index (χ3n) is 5.07. The zero-order valence-electron chi connectivity index (χ0n) is 17.9. The largest absolute Gasteiger partial charge is 0.478 e. The minimum Gasteiger partial charge on any atom is -0.478 e. The molecular formula is C21H33N5O3. The van der Waals surface area contributed by atoms with Gasteiger partial charge in [-0.05, 0) is 51.6 Å². The van der Waals surface area contributed by atoms with E-state index < -0.39 is 0 Å². The van der Waals surface area contributed by atoms with Crippen molar-refractivity contribution in [3.63, 3.8) is 0 Å².